The minimum Gasteiger partial charge on any atom is -0.385 e. The zero-order valence-electron chi connectivity index (χ0n) is 9.07. The second-order valence-corrected chi connectivity index (χ2v) is 4.52. The maximum Gasteiger partial charge on any atom is 0.210 e. The second-order valence-electron chi connectivity index (χ2n) is 3.67. The number of aliphatic hydroxyl groups excluding tert-OH is 1. The van der Waals surface area contributed by atoms with Crippen molar-refractivity contribution in [3.63, 3.8) is 0 Å². The van der Waals surface area contributed by atoms with E-state index >= 15 is 0 Å². The second kappa shape index (κ2) is 4.90. The lowest BCUT2D eigenvalue weighted by atomic mass is 10.1. The van der Waals surface area contributed by atoms with Crippen LogP contribution in [0.3, 0.4) is 0 Å². The highest BCUT2D eigenvalue weighted by Crippen LogP contribution is 2.21. The molecule has 0 saturated heterocycles. The van der Waals surface area contributed by atoms with Crippen LogP contribution in [-0.4, -0.2) is 26.8 Å². The average molecular weight is 275 g/mol. The van der Waals surface area contributed by atoms with Crippen molar-refractivity contribution in [2.24, 2.45) is 0 Å². The Hall–Kier alpha value is -0.680. The first-order valence-electron chi connectivity index (χ1n) is 4.94. The van der Waals surface area contributed by atoms with Crippen molar-refractivity contribution in [2.75, 3.05) is 0 Å². The lowest BCUT2D eigenvalue weighted by molar-refractivity contribution is 0.0726. The van der Waals surface area contributed by atoms with Gasteiger partial charge >= 0.3 is 0 Å². The molecule has 1 atom stereocenters. The molecule has 1 unspecified atom stereocenters. The van der Waals surface area contributed by atoms with Gasteiger partial charge in [-0.05, 0) is 36.2 Å². The Kier molecular flexibility index (Phi) is 4.04. The molecule has 84 valence electrons. The van der Waals surface area contributed by atoms with Crippen molar-refractivity contribution in [2.45, 2.75) is 39.3 Å². The topological polar surface area (TPSA) is 55.1 Å². The van der Waals surface area contributed by atoms with Crippen LogP contribution in [0.15, 0.2) is 10.7 Å². The molecule has 0 saturated carbocycles. The minimum atomic E-state index is -0.949. The van der Waals surface area contributed by atoms with Crippen molar-refractivity contribution in [1.82, 2.24) is 9.78 Å². The molecule has 5 heteroatoms. The van der Waals surface area contributed by atoms with Crippen LogP contribution in [-0.2, 0) is 0 Å². The van der Waals surface area contributed by atoms with Crippen LogP contribution < -0.4 is 0 Å². The Morgan fingerprint density at radius 2 is 2.27 bits per heavy atom. The smallest absolute Gasteiger partial charge is 0.210 e. The number of nitrogens with zero attached hydrogens (tertiary/aromatic N) is 2. The van der Waals surface area contributed by atoms with Crippen LogP contribution in [0.1, 0.15) is 43.7 Å². The predicted molar refractivity (Wildman–Crippen MR) is 60.9 cm³/mol. The normalized spacial score (nSPS) is 13.2. The first-order valence-corrected chi connectivity index (χ1v) is 5.73. The standard InChI is InChI=1S/C10H15BrN2O2/c1-4-8(14)10(15)9-7(11)5-12-13(9)6(2)3/h5-6,8,14H,4H2,1-3H3. The summed E-state index contributed by atoms with van der Waals surface area (Å²) in [4.78, 5) is 11.8. The van der Waals surface area contributed by atoms with Gasteiger partial charge < -0.3 is 5.11 Å². The van der Waals surface area contributed by atoms with E-state index in [0.29, 0.717) is 16.6 Å². The Morgan fingerprint density at radius 1 is 1.67 bits per heavy atom. The summed E-state index contributed by atoms with van der Waals surface area (Å²) in [6.45, 7) is 5.65. The molecule has 0 bridgehead atoms. The van der Waals surface area contributed by atoms with E-state index in [1.807, 2.05) is 13.8 Å². The Bertz CT molecular complexity index is 360. The highest BCUT2D eigenvalue weighted by atomic mass is 79.9. The number of halogens is 1. The highest BCUT2D eigenvalue weighted by molar-refractivity contribution is 9.10. The fourth-order valence-corrected chi connectivity index (χ4v) is 1.78. The molecule has 15 heavy (non-hydrogen) atoms. The van der Waals surface area contributed by atoms with Crippen LogP contribution in [0.25, 0.3) is 0 Å². The van der Waals surface area contributed by atoms with Gasteiger partial charge in [0.15, 0.2) is 0 Å². The summed E-state index contributed by atoms with van der Waals surface area (Å²) < 4.78 is 2.25. The van der Waals surface area contributed by atoms with Gasteiger partial charge in [0.2, 0.25) is 5.78 Å². The number of ketones is 1. The van der Waals surface area contributed by atoms with Gasteiger partial charge in [0.25, 0.3) is 0 Å². The molecule has 4 nitrogen and oxygen atoms in total. The molecule has 0 aliphatic carbocycles. The molecule has 1 aromatic heterocycles. The number of aliphatic hydroxyl groups is 1. The molecule has 0 amide bonds. The lowest BCUT2D eigenvalue weighted by Gasteiger charge is -2.12. The average Bonchev–Trinajstić information content (AvgIpc) is 2.58. The first-order chi connectivity index (χ1) is 6.99. The Labute approximate surface area is 97.4 Å². The monoisotopic (exact) mass is 274 g/mol. The lowest BCUT2D eigenvalue weighted by Crippen LogP contribution is -2.24. The molecule has 1 heterocycles. The van der Waals surface area contributed by atoms with Crippen LogP contribution in [0.5, 0.6) is 0 Å². The number of rotatable bonds is 4. The van der Waals surface area contributed by atoms with Crippen molar-refractivity contribution < 1.29 is 9.90 Å². The largest absolute Gasteiger partial charge is 0.385 e. The summed E-state index contributed by atoms with van der Waals surface area (Å²) >= 11 is 3.27. The molecule has 0 aliphatic heterocycles. The highest BCUT2D eigenvalue weighted by Gasteiger charge is 2.23. The van der Waals surface area contributed by atoms with E-state index in [9.17, 15) is 9.90 Å². The van der Waals surface area contributed by atoms with Gasteiger partial charge in [0, 0.05) is 6.04 Å². The van der Waals surface area contributed by atoms with Gasteiger partial charge in [-0.3, -0.25) is 9.48 Å². The van der Waals surface area contributed by atoms with Crippen LogP contribution in [0.2, 0.25) is 0 Å². The van der Waals surface area contributed by atoms with E-state index in [1.165, 1.54) is 0 Å². The van der Waals surface area contributed by atoms with Crippen molar-refractivity contribution >= 4 is 21.7 Å². The predicted octanol–water partition coefficient (Wildman–Crippen LogP) is 2.18. The third-order valence-electron chi connectivity index (χ3n) is 2.16. The molecule has 0 spiro atoms. The van der Waals surface area contributed by atoms with E-state index in [2.05, 4.69) is 21.0 Å². The summed E-state index contributed by atoms with van der Waals surface area (Å²) in [5, 5.41) is 13.6. The minimum absolute atomic E-state index is 0.0966. The first kappa shape index (κ1) is 12.4. The van der Waals surface area contributed by atoms with E-state index in [1.54, 1.807) is 17.8 Å². The number of carbonyl (C=O) groups is 1. The number of hydrogen-bond donors (Lipinski definition) is 1. The molecule has 0 aromatic carbocycles. The molecular weight excluding hydrogens is 260 g/mol. The fourth-order valence-electron chi connectivity index (χ4n) is 1.31. The van der Waals surface area contributed by atoms with E-state index < -0.39 is 6.10 Å². The SMILES string of the molecule is CCC(O)C(=O)c1c(Br)cnn1C(C)C. The molecule has 1 rings (SSSR count). The summed E-state index contributed by atoms with van der Waals surface area (Å²) in [6, 6.07) is 0.0966. The number of aromatic nitrogens is 2. The maximum absolute atomic E-state index is 11.8. The number of carbonyl (C=O) groups excluding carboxylic acids is 1. The van der Waals surface area contributed by atoms with Gasteiger partial charge in [0.1, 0.15) is 11.8 Å². The Morgan fingerprint density at radius 3 is 2.73 bits per heavy atom. The summed E-state index contributed by atoms with van der Waals surface area (Å²) in [7, 11) is 0. The molecule has 1 N–H and O–H groups in total. The van der Waals surface area contributed by atoms with Crippen LogP contribution in [0, 0.1) is 0 Å². The van der Waals surface area contributed by atoms with Crippen molar-refractivity contribution in [1.29, 1.82) is 0 Å². The van der Waals surface area contributed by atoms with E-state index in [4.69, 9.17) is 0 Å². The fraction of sp³-hybridized carbons (Fsp3) is 0.600. The van der Waals surface area contributed by atoms with Gasteiger partial charge in [-0.1, -0.05) is 6.92 Å². The zero-order valence-corrected chi connectivity index (χ0v) is 10.7. The van der Waals surface area contributed by atoms with Gasteiger partial charge in [0.05, 0.1) is 10.7 Å². The molecule has 0 radical (unpaired) electrons. The number of hydrogen-bond acceptors (Lipinski definition) is 3. The molecular formula is C10H15BrN2O2. The van der Waals surface area contributed by atoms with E-state index in [-0.39, 0.29) is 11.8 Å². The Balaban J connectivity index is 3.12. The maximum atomic E-state index is 11.8. The van der Waals surface area contributed by atoms with Crippen molar-refractivity contribution in [3.8, 4) is 0 Å². The van der Waals surface area contributed by atoms with E-state index in [0.717, 1.165) is 0 Å². The quantitative estimate of drug-likeness (QED) is 0.857. The third kappa shape index (κ3) is 2.46. The van der Waals surface area contributed by atoms with Gasteiger partial charge in [-0.15, -0.1) is 0 Å². The molecule has 0 fully saturated rings. The summed E-state index contributed by atoms with van der Waals surface area (Å²) in [5.41, 5.74) is 0.444. The summed E-state index contributed by atoms with van der Waals surface area (Å²) in [6.07, 6.45) is 1.04. The number of Topliss-reactive ketones (excluding diaryl/α,β-unsaturated/α-hetero) is 1. The van der Waals surface area contributed by atoms with Crippen LogP contribution in [0.4, 0.5) is 0 Å². The summed E-state index contributed by atoms with van der Waals surface area (Å²) in [5.74, 6) is -0.282. The zero-order chi connectivity index (χ0) is 11.6. The van der Waals surface area contributed by atoms with Crippen molar-refractivity contribution in [3.05, 3.63) is 16.4 Å². The molecule has 0 aliphatic rings. The van der Waals surface area contributed by atoms with Gasteiger partial charge in [-0.25, -0.2) is 0 Å². The molecule has 1 aromatic rings. The van der Waals surface area contributed by atoms with Gasteiger partial charge in [-0.2, -0.15) is 5.10 Å². The van der Waals surface area contributed by atoms with Crippen LogP contribution >= 0.6 is 15.9 Å². The third-order valence-corrected chi connectivity index (χ3v) is 2.74.